The molecule has 1 saturated heterocycles. The number of carbonyl (C=O) groups excluding carboxylic acids is 1. The number of amides is 1. The number of nitrogens with one attached hydrogen (secondary N) is 1. The van der Waals surface area contributed by atoms with Crippen molar-refractivity contribution in [3.05, 3.63) is 54.1 Å². The third kappa shape index (κ3) is 4.86. The van der Waals surface area contributed by atoms with E-state index in [9.17, 15) is 18.0 Å². The fourth-order valence-corrected chi connectivity index (χ4v) is 4.98. The monoisotopic (exact) mass is 447 g/mol. The Bertz CT molecular complexity index is 1130. The van der Waals surface area contributed by atoms with Gasteiger partial charge in [-0.3, -0.25) is 9.59 Å². The lowest BCUT2D eigenvalue weighted by atomic mass is 10.2. The minimum atomic E-state index is -3.84. The first kappa shape index (κ1) is 21.5. The second-order valence-electron chi connectivity index (χ2n) is 6.06. The molecule has 0 saturated carbocycles. The first-order valence-corrected chi connectivity index (χ1v) is 11.0. The molecular formula is C19H17N3O6S2. The minimum absolute atomic E-state index is 0.0103. The normalized spacial score (nSPS) is 18.0. The molecule has 9 nitrogen and oxygen atoms in total. The summed E-state index contributed by atoms with van der Waals surface area (Å²) in [5.74, 6) is -1.20. The molecule has 0 spiro atoms. The van der Waals surface area contributed by atoms with Crippen LogP contribution in [0.5, 0.6) is 5.75 Å². The van der Waals surface area contributed by atoms with E-state index in [1.165, 1.54) is 37.6 Å². The van der Waals surface area contributed by atoms with E-state index in [-0.39, 0.29) is 26.9 Å². The molecule has 11 heteroatoms. The van der Waals surface area contributed by atoms with E-state index in [0.717, 1.165) is 11.8 Å². The Morgan fingerprint density at radius 3 is 2.67 bits per heavy atom. The van der Waals surface area contributed by atoms with Gasteiger partial charge in [-0.15, -0.1) is 5.10 Å². The molecule has 1 aliphatic rings. The van der Waals surface area contributed by atoms with Crippen LogP contribution in [0.1, 0.15) is 12.0 Å². The van der Waals surface area contributed by atoms with Crippen molar-refractivity contribution in [2.45, 2.75) is 21.5 Å². The zero-order valence-electron chi connectivity index (χ0n) is 15.7. The zero-order chi connectivity index (χ0) is 21.7. The lowest BCUT2D eigenvalue weighted by Crippen LogP contribution is -2.26. The number of carboxylic acid groups (broad SMARTS) is 1. The van der Waals surface area contributed by atoms with Crippen LogP contribution in [0.25, 0.3) is 0 Å². The molecule has 30 heavy (non-hydrogen) atoms. The van der Waals surface area contributed by atoms with Gasteiger partial charge in [0, 0.05) is 5.56 Å². The molecule has 2 N–H and O–H groups in total. The molecule has 3 rings (SSSR count). The molecule has 1 aliphatic heterocycles. The summed E-state index contributed by atoms with van der Waals surface area (Å²) in [6.07, 6.45) is 0.913. The lowest BCUT2D eigenvalue weighted by molar-refractivity contribution is -0.138. The number of ether oxygens (including phenoxy) is 1. The van der Waals surface area contributed by atoms with Crippen LogP contribution in [0.3, 0.4) is 0 Å². The highest BCUT2D eigenvalue weighted by Crippen LogP contribution is 2.27. The molecule has 1 unspecified atom stereocenters. The predicted molar refractivity (Wildman–Crippen MR) is 112 cm³/mol. The van der Waals surface area contributed by atoms with Crippen LogP contribution in [0.15, 0.2) is 68.5 Å². The number of amidine groups is 1. The van der Waals surface area contributed by atoms with E-state index < -0.39 is 27.0 Å². The Morgan fingerprint density at radius 2 is 2.00 bits per heavy atom. The van der Waals surface area contributed by atoms with E-state index in [0.29, 0.717) is 5.75 Å². The number of thioether (sulfide) groups is 1. The summed E-state index contributed by atoms with van der Waals surface area (Å²) in [6, 6.07) is 12.5. The summed E-state index contributed by atoms with van der Waals surface area (Å²) >= 11 is 0.951. The van der Waals surface area contributed by atoms with E-state index >= 15 is 0 Å². The first-order chi connectivity index (χ1) is 14.3. The van der Waals surface area contributed by atoms with E-state index in [1.54, 1.807) is 24.3 Å². The fraction of sp³-hybridized carbons (Fsp3) is 0.158. The number of benzene rings is 2. The maximum Gasteiger partial charge on any atom is 0.305 e. The van der Waals surface area contributed by atoms with Gasteiger partial charge < -0.3 is 15.2 Å². The van der Waals surface area contributed by atoms with Gasteiger partial charge in [-0.05, 0) is 30.3 Å². The quantitative estimate of drug-likeness (QED) is 0.489. The van der Waals surface area contributed by atoms with Gasteiger partial charge in [-0.25, -0.2) is 8.42 Å². The number of hydrogen-bond donors (Lipinski definition) is 2. The molecule has 0 aromatic heterocycles. The average molecular weight is 447 g/mol. The predicted octanol–water partition coefficient (Wildman–Crippen LogP) is 1.92. The highest BCUT2D eigenvalue weighted by molar-refractivity contribution is 8.15. The summed E-state index contributed by atoms with van der Waals surface area (Å²) in [5, 5.41) is 18.3. The Hall–Kier alpha value is -3.18. The van der Waals surface area contributed by atoms with Crippen LogP contribution in [0.4, 0.5) is 0 Å². The van der Waals surface area contributed by atoms with Gasteiger partial charge in [0.25, 0.3) is 0 Å². The summed E-state index contributed by atoms with van der Waals surface area (Å²) in [4.78, 5) is 22.6. The number of nitrogens with zero attached hydrogens (tertiary/aromatic N) is 2. The van der Waals surface area contributed by atoms with E-state index in [4.69, 9.17) is 9.84 Å². The number of rotatable bonds is 7. The number of carbonyl (C=O) groups is 2. The van der Waals surface area contributed by atoms with Gasteiger partial charge >= 0.3 is 5.97 Å². The van der Waals surface area contributed by atoms with Crippen molar-refractivity contribution in [3.63, 3.8) is 0 Å². The molecular weight excluding hydrogens is 430 g/mol. The Balaban J connectivity index is 1.90. The van der Waals surface area contributed by atoms with Crippen molar-refractivity contribution in [3.8, 4) is 5.75 Å². The topological polar surface area (TPSA) is 134 Å². The summed E-state index contributed by atoms with van der Waals surface area (Å²) in [7, 11) is -2.41. The molecule has 1 amide bonds. The van der Waals surface area contributed by atoms with Gasteiger partial charge in [0.15, 0.2) is 5.17 Å². The standard InChI is InChI=1S/C19H17N3O6S2/c1-28-13-8-7-12(16(9-13)30(26,27)14-5-3-2-4-6-14)11-20-22-19-21-18(25)15(29-19)10-17(23)24/h2-9,11,15H,10H2,1H3,(H,23,24)(H,21,22,25). The molecule has 2 aromatic carbocycles. The second-order valence-corrected chi connectivity index (χ2v) is 9.17. The molecule has 1 heterocycles. The maximum absolute atomic E-state index is 13.1. The molecule has 156 valence electrons. The highest BCUT2D eigenvalue weighted by Gasteiger charge is 2.32. The Labute approximate surface area is 176 Å². The smallest absolute Gasteiger partial charge is 0.305 e. The number of aliphatic carboxylic acids is 1. The average Bonchev–Trinajstić information content (AvgIpc) is 3.07. The van der Waals surface area contributed by atoms with Crippen LogP contribution in [0.2, 0.25) is 0 Å². The van der Waals surface area contributed by atoms with Crippen molar-refractivity contribution in [1.29, 1.82) is 0 Å². The molecule has 0 bridgehead atoms. The van der Waals surface area contributed by atoms with Crippen LogP contribution >= 0.6 is 11.8 Å². The van der Waals surface area contributed by atoms with Gasteiger partial charge in [-0.2, -0.15) is 5.10 Å². The van der Waals surface area contributed by atoms with Crippen LogP contribution in [-0.4, -0.2) is 49.1 Å². The number of sulfone groups is 1. The largest absolute Gasteiger partial charge is 0.497 e. The third-order valence-electron chi connectivity index (χ3n) is 4.05. The SMILES string of the molecule is COc1ccc(C=NN=C2NC(=O)C(CC(=O)O)S2)c(S(=O)(=O)c2ccccc2)c1. The molecule has 1 fully saturated rings. The highest BCUT2D eigenvalue weighted by atomic mass is 32.2. The summed E-state index contributed by atoms with van der Waals surface area (Å²) in [5.41, 5.74) is 0.278. The fourth-order valence-electron chi connectivity index (χ4n) is 2.60. The van der Waals surface area contributed by atoms with Crippen LogP contribution in [0, 0.1) is 0 Å². The van der Waals surface area contributed by atoms with Crippen molar-refractivity contribution < 1.29 is 27.9 Å². The second kappa shape index (κ2) is 9.09. The lowest BCUT2D eigenvalue weighted by Gasteiger charge is -2.09. The van der Waals surface area contributed by atoms with Gasteiger partial charge in [0.05, 0.1) is 29.5 Å². The van der Waals surface area contributed by atoms with Gasteiger partial charge in [0.2, 0.25) is 15.7 Å². The van der Waals surface area contributed by atoms with E-state index in [1.807, 2.05) is 0 Å². The number of methoxy groups -OCH3 is 1. The molecule has 1 atom stereocenters. The number of carboxylic acids is 1. The number of hydrogen-bond acceptors (Lipinski definition) is 8. The van der Waals surface area contributed by atoms with E-state index in [2.05, 4.69) is 15.5 Å². The first-order valence-electron chi connectivity index (χ1n) is 8.60. The van der Waals surface area contributed by atoms with Crippen molar-refractivity contribution >= 4 is 44.9 Å². The van der Waals surface area contributed by atoms with Crippen molar-refractivity contribution in [2.75, 3.05) is 7.11 Å². The van der Waals surface area contributed by atoms with Crippen LogP contribution in [-0.2, 0) is 19.4 Å². The minimum Gasteiger partial charge on any atom is -0.497 e. The van der Waals surface area contributed by atoms with Gasteiger partial charge in [-0.1, -0.05) is 30.0 Å². The molecule has 0 aliphatic carbocycles. The third-order valence-corrected chi connectivity index (χ3v) is 6.94. The summed E-state index contributed by atoms with van der Waals surface area (Å²) < 4.78 is 31.3. The maximum atomic E-state index is 13.1. The Morgan fingerprint density at radius 1 is 1.27 bits per heavy atom. The van der Waals surface area contributed by atoms with Crippen LogP contribution < -0.4 is 10.1 Å². The van der Waals surface area contributed by atoms with Gasteiger partial charge in [0.1, 0.15) is 11.0 Å². The summed E-state index contributed by atoms with van der Waals surface area (Å²) in [6.45, 7) is 0. The van der Waals surface area contributed by atoms with Crippen molar-refractivity contribution in [2.24, 2.45) is 10.2 Å². The Kier molecular flexibility index (Phi) is 6.53. The molecule has 2 aromatic rings. The zero-order valence-corrected chi connectivity index (χ0v) is 17.3. The molecule has 0 radical (unpaired) electrons. The van der Waals surface area contributed by atoms with Crippen molar-refractivity contribution in [1.82, 2.24) is 5.32 Å².